The molecule has 0 spiro atoms. The van der Waals surface area contributed by atoms with Gasteiger partial charge >= 0.3 is 0 Å². The van der Waals surface area contributed by atoms with E-state index in [0.717, 1.165) is 28.1 Å². The second kappa shape index (κ2) is 4.48. The minimum Gasteiger partial charge on any atom is -0.389 e. The second-order valence-electron chi connectivity index (χ2n) is 4.40. The number of aryl methyl sites for hydroxylation is 1. The van der Waals surface area contributed by atoms with Gasteiger partial charge in [-0.3, -0.25) is 4.57 Å². The molecule has 3 nitrogen and oxygen atoms in total. The summed E-state index contributed by atoms with van der Waals surface area (Å²) in [5.41, 5.74) is 9.58. The van der Waals surface area contributed by atoms with Gasteiger partial charge in [-0.1, -0.05) is 30.4 Å². The van der Waals surface area contributed by atoms with Gasteiger partial charge in [-0.25, -0.2) is 4.98 Å². The lowest BCUT2D eigenvalue weighted by molar-refractivity contribution is 1.00. The number of nitrogens with two attached hydrogens (primary N) is 1. The van der Waals surface area contributed by atoms with Crippen LogP contribution in [0.2, 0.25) is 0 Å². The van der Waals surface area contributed by atoms with Crippen LogP contribution in [0.15, 0.2) is 48.5 Å². The van der Waals surface area contributed by atoms with E-state index in [1.165, 1.54) is 0 Å². The van der Waals surface area contributed by atoms with Crippen molar-refractivity contribution in [3.63, 3.8) is 0 Å². The number of benzene rings is 2. The second-order valence-corrected chi connectivity index (χ2v) is 4.84. The summed E-state index contributed by atoms with van der Waals surface area (Å²) in [5, 5.41) is 0. The van der Waals surface area contributed by atoms with Crippen molar-refractivity contribution in [3.05, 3.63) is 59.9 Å². The van der Waals surface area contributed by atoms with Crippen molar-refractivity contribution in [2.24, 2.45) is 5.73 Å². The van der Waals surface area contributed by atoms with Gasteiger partial charge in [0.05, 0.1) is 11.0 Å². The van der Waals surface area contributed by atoms with E-state index in [4.69, 9.17) is 18.0 Å². The van der Waals surface area contributed by atoms with Gasteiger partial charge in [0.1, 0.15) is 10.8 Å². The largest absolute Gasteiger partial charge is 0.389 e. The summed E-state index contributed by atoms with van der Waals surface area (Å²) in [6, 6.07) is 16.0. The molecule has 0 fully saturated rings. The Morgan fingerprint density at radius 1 is 1.16 bits per heavy atom. The fraction of sp³-hybridized carbons (Fsp3) is 0.0667. The van der Waals surface area contributed by atoms with Crippen LogP contribution in [0.3, 0.4) is 0 Å². The summed E-state index contributed by atoms with van der Waals surface area (Å²) in [7, 11) is 0. The van der Waals surface area contributed by atoms with Crippen LogP contribution in [-0.4, -0.2) is 14.5 Å². The molecule has 3 aromatic rings. The minimum atomic E-state index is 0.397. The summed E-state index contributed by atoms with van der Waals surface area (Å²) < 4.78 is 2.12. The third kappa shape index (κ3) is 2.00. The van der Waals surface area contributed by atoms with E-state index in [-0.39, 0.29) is 0 Å². The molecule has 0 unspecified atom stereocenters. The summed E-state index contributed by atoms with van der Waals surface area (Å²) in [6.45, 7) is 1.99. The van der Waals surface area contributed by atoms with Crippen molar-refractivity contribution in [2.75, 3.05) is 0 Å². The molecule has 1 aromatic heterocycles. The van der Waals surface area contributed by atoms with Gasteiger partial charge in [-0.15, -0.1) is 0 Å². The molecule has 0 aliphatic carbocycles. The summed E-state index contributed by atoms with van der Waals surface area (Å²) >= 11 is 5.00. The van der Waals surface area contributed by atoms with Gasteiger partial charge in [-0.2, -0.15) is 0 Å². The Hall–Kier alpha value is -2.20. The highest BCUT2D eigenvalue weighted by Crippen LogP contribution is 2.22. The van der Waals surface area contributed by atoms with E-state index in [1.54, 1.807) is 0 Å². The fourth-order valence-electron chi connectivity index (χ4n) is 2.26. The average molecular weight is 267 g/mol. The molecule has 0 atom stereocenters. The molecule has 19 heavy (non-hydrogen) atoms. The van der Waals surface area contributed by atoms with Crippen molar-refractivity contribution in [1.29, 1.82) is 0 Å². The van der Waals surface area contributed by atoms with E-state index in [0.29, 0.717) is 4.99 Å². The first-order chi connectivity index (χ1) is 9.16. The van der Waals surface area contributed by atoms with Gasteiger partial charge in [0.25, 0.3) is 0 Å². The maximum absolute atomic E-state index is 5.66. The third-order valence-corrected chi connectivity index (χ3v) is 3.36. The van der Waals surface area contributed by atoms with E-state index >= 15 is 0 Å². The SMILES string of the molecule is Cc1nc2cc(C(N)=S)ccc2n1-c1ccccc1. The molecule has 0 amide bonds. The zero-order valence-corrected chi connectivity index (χ0v) is 11.3. The topological polar surface area (TPSA) is 43.8 Å². The third-order valence-electron chi connectivity index (χ3n) is 3.12. The Morgan fingerprint density at radius 2 is 1.89 bits per heavy atom. The summed E-state index contributed by atoms with van der Waals surface area (Å²) in [5.74, 6) is 0.946. The maximum Gasteiger partial charge on any atom is 0.111 e. The van der Waals surface area contributed by atoms with Gasteiger partial charge in [0, 0.05) is 11.3 Å². The molecule has 4 heteroatoms. The molecule has 3 rings (SSSR count). The Kier molecular flexibility index (Phi) is 2.80. The van der Waals surface area contributed by atoms with Crippen molar-refractivity contribution in [1.82, 2.24) is 9.55 Å². The minimum absolute atomic E-state index is 0.397. The van der Waals surface area contributed by atoms with Crippen molar-refractivity contribution in [3.8, 4) is 5.69 Å². The van der Waals surface area contributed by atoms with Crippen LogP contribution in [0.25, 0.3) is 16.7 Å². The molecule has 2 aromatic carbocycles. The predicted molar refractivity (Wildman–Crippen MR) is 81.7 cm³/mol. The lowest BCUT2D eigenvalue weighted by Crippen LogP contribution is -2.08. The highest BCUT2D eigenvalue weighted by atomic mass is 32.1. The van der Waals surface area contributed by atoms with Gasteiger partial charge in [0.15, 0.2) is 0 Å². The Morgan fingerprint density at radius 3 is 2.58 bits per heavy atom. The standard InChI is InChI=1S/C15H13N3S/c1-10-17-13-9-11(15(16)19)7-8-14(13)18(10)12-5-3-2-4-6-12/h2-9H,1H3,(H2,16,19). The summed E-state index contributed by atoms with van der Waals surface area (Å²) in [4.78, 5) is 4.98. The highest BCUT2D eigenvalue weighted by molar-refractivity contribution is 7.80. The predicted octanol–water partition coefficient (Wildman–Crippen LogP) is 2.97. The Bertz CT molecular complexity index is 760. The van der Waals surface area contributed by atoms with E-state index < -0.39 is 0 Å². The Labute approximate surface area is 116 Å². The highest BCUT2D eigenvalue weighted by Gasteiger charge is 2.10. The normalized spacial score (nSPS) is 10.8. The number of aromatic nitrogens is 2. The monoisotopic (exact) mass is 267 g/mol. The number of imidazole rings is 1. The first-order valence-electron chi connectivity index (χ1n) is 6.01. The molecular formula is C15H13N3S. The average Bonchev–Trinajstić information content (AvgIpc) is 2.74. The summed E-state index contributed by atoms with van der Waals surface area (Å²) in [6.07, 6.45) is 0. The lowest BCUT2D eigenvalue weighted by atomic mass is 10.2. The molecule has 0 aliphatic rings. The maximum atomic E-state index is 5.66. The first kappa shape index (κ1) is 11.9. The number of thiocarbonyl (C=S) groups is 1. The number of hydrogen-bond donors (Lipinski definition) is 1. The van der Waals surface area contributed by atoms with Gasteiger partial charge < -0.3 is 5.73 Å². The quantitative estimate of drug-likeness (QED) is 0.726. The van der Waals surface area contributed by atoms with Crippen LogP contribution < -0.4 is 5.73 Å². The fourth-order valence-corrected chi connectivity index (χ4v) is 2.38. The van der Waals surface area contributed by atoms with Crippen LogP contribution in [0.1, 0.15) is 11.4 Å². The van der Waals surface area contributed by atoms with Crippen LogP contribution >= 0.6 is 12.2 Å². The Balaban J connectivity index is 2.27. The van der Waals surface area contributed by atoms with Gasteiger partial charge in [0.2, 0.25) is 0 Å². The molecule has 0 saturated heterocycles. The van der Waals surface area contributed by atoms with Crippen LogP contribution in [0, 0.1) is 6.92 Å². The number of fused-ring (bicyclic) bond motifs is 1. The zero-order valence-electron chi connectivity index (χ0n) is 10.5. The lowest BCUT2D eigenvalue weighted by Gasteiger charge is -2.06. The van der Waals surface area contributed by atoms with Crippen LogP contribution in [-0.2, 0) is 0 Å². The molecule has 2 N–H and O–H groups in total. The van der Waals surface area contributed by atoms with E-state index in [1.807, 2.05) is 43.3 Å². The molecule has 1 heterocycles. The van der Waals surface area contributed by atoms with E-state index in [2.05, 4.69) is 21.7 Å². The number of nitrogens with zero attached hydrogens (tertiary/aromatic N) is 2. The number of rotatable bonds is 2. The van der Waals surface area contributed by atoms with Crippen molar-refractivity contribution >= 4 is 28.2 Å². The van der Waals surface area contributed by atoms with Crippen LogP contribution in [0.5, 0.6) is 0 Å². The van der Waals surface area contributed by atoms with Crippen molar-refractivity contribution in [2.45, 2.75) is 6.92 Å². The van der Waals surface area contributed by atoms with Crippen LogP contribution in [0.4, 0.5) is 0 Å². The molecule has 0 radical (unpaired) electrons. The smallest absolute Gasteiger partial charge is 0.111 e. The molecular weight excluding hydrogens is 254 g/mol. The number of para-hydroxylation sites is 1. The zero-order chi connectivity index (χ0) is 13.4. The van der Waals surface area contributed by atoms with Gasteiger partial charge in [-0.05, 0) is 37.3 Å². The molecule has 0 saturated carbocycles. The molecule has 0 bridgehead atoms. The van der Waals surface area contributed by atoms with Crippen molar-refractivity contribution < 1.29 is 0 Å². The van der Waals surface area contributed by atoms with E-state index in [9.17, 15) is 0 Å². The molecule has 0 aliphatic heterocycles. The molecule has 94 valence electrons. The first-order valence-corrected chi connectivity index (χ1v) is 6.42. The number of hydrogen-bond acceptors (Lipinski definition) is 2.